The van der Waals surface area contributed by atoms with E-state index >= 15 is 0 Å². The zero-order valence-corrected chi connectivity index (χ0v) is 22.2. The highest BCUT2D eigenvalue weighted by Crippen LogP contribution is 2.45. The molecule has 34 heavy (non-hydrogen) atoms. The van der Waals surface area contributed by atoms with Gasteiger partial charge in [-0.25, -0.2) is 0 Å². The van der Waals surface area contributed by atoms with E-state index in [1.54, 1.807) is 13.8 Å². The molecule has 0 unspecified atom stereocenters. The number of cyclic esters (lactones) is 1. The molecule has 6 heteroatoms. The average Bonchev–Trinajstić information content (AvgIpc) is 3.36. The van der Waals surface area contributed by atoms with Crippen LogP contribution in [0.4, 0.5) is 0 Å². The summed E-state index contributed by atoms with van der Waals surface area (Å²) in [6.45, 7) is 12.2. The van der Waals surface area contributed by atoms with Gasteiger partial charge in [0.15, 0.2) is 6.10 Å². The van der Waals surface area contributed by atoms with Crippen molar-refractivity contribution in [3.8, 4) is 0 Å². The van der Waals surface area contributed by atoms with Crippen LogP contribution in [0.5, 0.6) is 0 Å². The molecule has 0 spiro atoms. The van der Waals surface area contributed by atoms with Crippen molar-refractivity contribution in [3.05, 3.63) is 60.7 Å². The van der Waals surface area contributed by atoms with Gasteiger partial charge >= 0.3 is 5.97 Å². The molecule has 0 saturated carbocycles. The number of hydrogen-bond donors (Lipinski definition) is 1. The SMILES string of the molecule is CC(C)(O)[C@H]1CC[C@](C)([C@H]2OC(=O)C[C@@H]2O[Si](c2ccccc2)(c2ccccc2)C(C)(C)C)O1. The average molecular weight is 483 g/mol. The molecule has 0 aliphatic carbocycles. The van der Waals surface area contributed by atoms with Gasteiger partial charge in [0, 0.05) is 0 Å². The fourth-order valence-corrected chi connectivity index (χ4v) is 10.3. The molecule has 2 saturated heterocycles. The predicted molar refractivity (Wildman–Crippen MR) is 136 cm³/mol. The quantitative estimate of drug-likeness (QED) is 0.499. The second-order valence-electron chi connectivity index (χ2n) is 11.5. The molecule has 1 N–H and O–H groups in total. The van der Waals surface area contributed by atoms with Gasteiger partial charge in [-0.15, -0.1) is 0 Å². The molecule has 2 heterocycles. The van der Waals surface area contributed by atoms with Crippen LogP contribution in [0.1, 0.15) is 60.8 Å². The summed E-state index contributed by atoms with van der Waals surface area (Å²) in [5.41, 5.74) is -1.68. The lowest BCUT2D eigenvalue weighted by Crippen LogP contribution is -2.69. The van der Waals surface area contributed by atoms with E-state index in [2.05, 4.69) is 69.3 Å². The molecule has 5 nitrogen and oxygen atoms in total. The first kappa shape index (κ1) is 25.1. The minimum absolute atomic E-state index is 0.196. The highest BCUT2D eigenvalue weighted by molar-refractivity contribution is 6.99. The van der Waals surface area contributed by atoms with Crippen LogP contribution in [0, 0.1) is 0 Å². The third-order valence-electron chi connectivity index (χ3n) is 7.41. The smallest absolute Gasteiger partial charge is 0.308 e. The minimum Gasteiger partial charge on any atom is -0.456 e. The van der Waals surface area contributed by atoms with Crippen molar-refractivity contribution in [2.75, 3.05) is 0 Å². The van der Waals surface area contributed by atoms with Crippen molar-refractivity contribution in [2.45, 2.75) is 95.4 Å². The van der Waals surface area contributed by atoms with Crippen molar-refractivity contribution >= 4 is 24.7 Å². The lowest BCUT2D eigenvalue weighted by atomic mass is 9.91. The molecule has 0 amide bonds. The van der Waals surface area contributed by atoms with E-state index < -0.39 is 31.7 Å². The Labute approximate surface area is 204 Å². The van der Waals surface area contributed by atoms with Gasteiger partial charge in [-0.2, -0.15) is 0 Å². The predicted octanol–water partition coefficient (Wildman–Crippen LogP) is 3.96. The summed E-state index contributed by atoms with van der Waals surface area (Å²) in [4.78, 5) is 12.7. The van der Waals surface area contributed by atoms with Crippen molar-refractivity contribution < 1.29 is 23.8 Å². The number of ether oxygens (including phenoxy) is 2. The number of carbonyl (C=O) groups is 1. The second-order valence-corrected chi connectivity index (χ2v) is 15.8. The Morgan fingerprint density at radius 1 is 0.971 bits per heavy atom. The van der Waals surface area contributed by atoms with Crippen molar-refractivity contribution in [3.63, 3.8) is 0 Å². The topological polar surface area (TPSA) is 65.0 Å². The van der Waals surface area contributed by atoms with E-state index in [0.717, 1.165) is 0 Å². The Morgan fingerprint density at radius 3 is 1.94 bits per heavy atom. The number of aliphatic hydroxyl groups is 1. The highest BCUT2D eigenvalue weighted by atomic mass is 28.4. The largest absolute Gasteiger partial charge is 0.456 e. The van der Waals surface area contributed by atoms with Gasteiger partial charge < -0.3 is 19.0 Å². The van der Waals surface area contributed by atoms with Gasteiger partial charge in [0.2, 0.25) is 0 Å². The van der Waals surface area contributed by atoms with E-state index in [4.69, 9.17) is 13.9 Å². The van der Waals surface area contributed by atoms with Crippen LogP contribution in [0.2, 0.25) is 5.04 Å². The number of hydrogen-bond acceptors (Lipinski definition) is 5. The monoisotopic (exact) mass is 482 g/mol. The zero-order valence-electron chi connectivity index (χ0n) is 21.2. The first-order valence-corrected chi connectivity index (χ1v) is 14.2. The Bertz CT molecular complexity index is 955. The number of carbonyl (C=O) groups excluding carboxylic acids is 1. The van der Waals surface area contributed by atoms with Crippen molar-refractivity contribution in [2.24, 2.45) is 0 Å². The summed E-state index contributed by atoms with van der Waals surface area (Å²) in [6, 6.07) is 20.8. The minimum atomic E-state index is -2.86. The van der Waals surface area contributed by atoms with Gasteiger partial charge in [0.05, 0.1) is 24.2 Å². The van der Waals surface area contributed by atoms with Crippen LogP contribution in [0.3, 0.4) is 0 Å². The van der Waals surface area contributed by atoms with E-state index in [0.29, 0.717) is 12.8 Å². The van der Waals surface area contributed by atoms with E-state index in [1.807, 2.05) is 19.1 Å². The number of benzene rings is 2. The van der Waals surface area contributed by atoms with Crippen LogP contribution in [-0.4, -0.2) is 48.9 Å². The fourth-order valence-electron chi connectivity index (χ4n) is 5.64. The standard InChI is InChI=1S/C28H38O5Si/c1-26(2,3)34(20-13-9-7-10-14-20,21-15-11-8-12-16-21)33-22-19-24(29)31-25(22)28(6)18-17-23(32-28)27(4,5)30/h7-16,22-23,25,30H,17-19H2,1-6H3/t22-,23+,25-,28+/m0/s1. The second kappa shape index (κ2) is 8.90. The first-order valence-electron chi connectivity index (χ1n) is 12.3. The van der Waals surface area contributed by atoms with Crippen LogP contribution in [-0.2, 0) is 18.7 Å². The van der Waals surface area contributed by atoms with Gasteiger partial charge in [-0.3, -0.25) is 4.79 Å². The fraction of sp³-hybridized carbons (Fsp3) is 0.536. The van der Waals surface area contributed by atoms with Crippen LogP contribution in [0.15, 0.2) is 60.7 Å². The number of rotatable bonds is 6. The summed E-state index contributed by atoms with van der Waals surface area (Å²) >= 11 is 0. The third kappa shape index (κ3) is 4.49. The lowest BCUT2D eigenvalue weighted by molar-refractivity contribution is -0.177. The molecule has 2 aromatic rings. The molecule has 0 aromatic heterocycles. The van der Waals surface area contributed by atoms with Crippen molar-refractivity contribution in [1.82, 2.24) is 0 Å². The summed E-state index contributed by atoms with van der Waals surface area (Å²) < 4.78 is 19.6. The first-order chi connectivity index (χ1) is 15.9. The van der Waals surface area contributed by atoms with Crippen LogP contribution < -0.4 is 10.4 Å². The molecule has 184 valence electrons. The maximum Gasteiger partial charge on any atom is 0.308 e. The molecular formula is C28H38O5Si. The molecule has 0 bridgehead atoms. The summed E-state index contributed by atoms with van der Waals surface area (Å²) in [6.07, 6.45) is 0.310. The van der Waals surface area contributed by atoms with E-state index in [-0.39, 0.29) is 23.5 Å². The Balaban J connectivity index is 1.77. The zero-order chi connectivity index (χ0) is 24.8. The van der Waals surface area contributed by atoms with Crippen LogP contribution >= 0.6 is 0 Å². The van der Waals surface area contributed by atoms with E-state index in [9.17, 15) is 9.90 Å². The lowest BCUT2D eigenvalue weighted by Gasteiger charge is -2.46. The molecule has 4 atom stereocenters. The summed E-state index contributed by atoms with van der Waals surface area (Å²) in [7, 11) is -2.86. The Morgan fingerprint density at radius 2 is 1.50 bits per heavy atom. The van der Waals surface area contributed by atoms with Gasteiger partial charge in [0.25, 0.3) is 8.32 Å². The molecule has 0 radical (unpaired) electrons. The maximum absolute atomic E-state index is 12.7. The molecule has 4 rings (SSSR count). The third-order valence-corrected chi connectivity index (χ3v) is 12.5. The van der Waals surface area contributed by atoms with Crippen molar-refractivity contribution in [1.29, 1.82) is 0 Å². The molecule has 2 aliphatic rings. The molecular weight excluding hydrogens is 444 g/mol. The van der Waals surface area contributed by atoms with Gasteiger partial charge in [-0.05, 0) is 49.0 Å². The Kier molecular flexibility index (Phi) is 6.57. The Hall–Kier alpha value is -1.99. The maximum atomic E-state index is 12.7. The summed E-state index contributed by atoms with van der Waals surface area (Å²) in [5, 5.41) is 12.7. The normalized spacial score (nSPS) is 28.2. The summed E-state index contributed by atoms with van der Waals surface area (Å²) in [5.74, 6) is -0.260. The number of esters is 1. The molecule has 2 fully saturated rings. The van der Waals surface area contributed by atoms with Gasteiger partial charge in [0.1, 0.15) is 5.60 Å². The van der Waals surface area contributed by atoms with Crippen LogP contribution in [0.25, 0.3) is 0 Å². The van der Waals surface area contributed by atoms with E-state index in [1.165, 1.54) is 10.4 Å². The van der Waals surface area contributed by atoms with Gasteiger partial charge in [-0.1, -0.05) is 81.4 Å². The highest BCUT2D eigenvalue weighted by Gasteiger charge is 2.59. The molecule has 2 aliphatic heterocycles. The molecule has 2 aromatic carbocycles.